The summed E-state index contributed by atoms with van der Waals surface area (Å²) in [5, 5.41) is 2.98. The van der Waals surface area contributed by atoms with E-state index in [1.54, 1.807) is 19.2 Å². The lowest BCUT2D eigenvalue weighted by atomic mass is 10.1. The lowest BCUT2D eigenvalue weighted by Gasteiger charge is -2.21. The number of pyridine rings is 1. The Morgan fingerprint density at radius 2 is 1.91 bits per heavy atom. The van der Waals surface area contributed by atoms with E-state index in [2.05, 4.69) is 36.3 Å². The Bertz CT molecular complexity index is 1820. The fourth-order valence-electron chi connectivity index (χ4n) is 5.82. The molecule has 226 valence electrons. The van der Waals surface area contributed by atoms with E-state index >= 15 is 0 Å². The second-order valence-corrected chi connectivity index (χ2v) is 11.9. The average molecular weight is 595 g/mol. The molecule has 1 aliphatic heterocycles. The monoisotopic (exact) mass is 594 g/mol. The van der Waals surface area contributed by atoms with E-state index in [1.807, 2.05) is 36.6 Å². The second kappa shape index (κ2) is 10.6. The molecule has 0 radical (unpaired) electrons. The summed E-state index contributed by atoms with van der Waals surface area (Å²) in [7, 11) is 1.50. The molecule has 4 aromatic heterocycles. The third kappa shape index (κ3) is 5.22. The van der Waals surface area contributed by atoms with Crippen LogP contribution in [-0.4, -0.2) is 72.2 Å². The van der Waals surface area contributed by atoms with Gasteiger partial charge in [0.2, 0.25) is 11.8 Å². The smallest absolute Gasteiger partial charge is 0.331 e. The molecule has 1 N–H and O–H groups in total. The molecule has 4 aromatic rings. The number of imide groups is 1. The molecule has 13 heteroatoms. The van der Waals surface area contributed by atoms with Gasteiger partial charge in [-0.25, -0.2) is 29.7 Å². The zero-order chi connectivity index (χ0) is 30.7. The number of carbonyl (C=O) groups is 3. The lowest BCUT2D eigenvalue weighted by molar-refractivity contribution is -0.124. The van der Waals surface area contributed by atoms with Crippen molar-refractivity contribution in [3.63, 3.8) is 0 Å². The summed E-state index contributed by atoms with van der Waals surface area (Å²) in [4.78, 5) is 65.9. The van der Waals surface area contributed by atoms with Crippen LogP contribution < -0.4 is 15.1 Å². The Morgan fingerprint density at radius 3 is 2.61 bits per heavy atom. The van der Waals surface area contributed by atoms with Gasteiger partial charge in [0.15, 0.2) is 5.65 Å². The molecule has 2 atom stereocenters. The van der Waals surface area contributed by atoms with Crippen LogP contribution in [0.2, 0.25) is 0 Å². The first kappa shape index (κ1) is 27.9. The summed E-state index contributed by atoms with van der Waals surface area (Å²) >= 11 is 0. The minimum absolute atomic E-state index is 0.00326. The number of imidazole rings is 1. The highest BCUT2D eigenvalue weighted by atomic mass is 16.2. The van der Waals surface area contributed by atoms with Gasteiger partial charge in [-0.15, -0.1) is 0 Å². The molecule has 2 aliphatic carbocycles. The predicted molar refractivity (Wildman–Crippen MR) is 162 cm³/mol. The Morgan fingerprint density at radius 1 is 1.09 bits per heavy atom. The molecule has 2 unspecified atom stereocenters. The van der Waals surface area contributed by atoms with Crippen LogP contribution in [0.25, 0.3) is 5.65 Å². The molecule has 0 aromatic carbocycles. The number of urea groups is 1. The number of fused-ring (bicyclic) bond motifs is 1. The maximum Gasteiger partial charge on any atom is 0.331 e. The van der Waals surface area contributed by atoms with Gasteiger partial charge in [0.1, 0.15) is 29.8 Å². The largest absolute Gasteiger partial charge is 0.351 e. The molecule has 5 heterocycles. The minimum Gasteiger partial charge on any atom is -0.351 e. The number of aryl methyl sites for hydroxylation is 2. The standard InChI is InChI=1S/C31H34N10O3/c1-5-39(26-12-25(34-18(3)35-26)37-30(43)23-11-22(23)28-32-9-8-17(2)33-28)14-21-15-40-13-20(19-6-7-19)10-24(29(40)36-21)41-16-27(42)38(4)31(41)44/h8-10,12-13,15,19,22-23H,5-7,11,14,16H2,1-4H3,(H,34,35,37,43). The van der Waals surface area contributed by atoms with E-state index in [4.69, 9.17) is 4.98 Å². The van der Waals surface area contributed by atoms with Gasteiger partial charge in [-0.3, -0.25) is 19.4 Å². The summed E-state index contributed by atoms with van der Waals surface area (Å²) in [5.74, 6) is 2.29. The Labute approximate surface area is 254 Å². The van der Waals surface area contributed by atoms with Crippen molar-refractivity contribution in [3.8, 4) is 0 Å². The number of hydrogen-bond acceptors (Lipinski definition) is 9. The molecule has 1 saturated heterocycles. The van der Waals surface area contributed by atoms with Crippen LogP contribution in [0, 0.1) is 19.8 Å². The SMILES string of the molecule is CCN(Cc1cn2cc(C3CC3)cc(N3CC(=O)N(C)C3=O)c2n1)c1cc(NC(=O)C2CC2c2nccc(C)n2)nc(C)n1. The highest BCUT2D eigenvalue weighted by Crippen LogP contribution is 2.46. The maximum atomic E-state index is 13.1. The normalized spacial score (nSPS) is 19.6. The van der Waals surface area contributed by atoms with Gasteiger partial charge >= 0.3 is 6.03 Å². The summed E-state index contributed by atoms with van der Waals surface area (Å²) in [6, 6.07) is 5.28. The fourth-order valence-corrected chi connectivity index (χ4v) is 5.82. The first-order valence-corrected chi connectivity index (χ1v) is 15.0. The van der Waals surface area contributed by atoms with Gasteiger partial charge in [0.05, 0.1) is 17.9 Å². The van der Waals surface area contributed by atoms with Crippen molar-refractivity contribution in [2.24, 2.45) is 5.92 Å². The number of nitrogens with zero attached hydrogens (tertiary/aromatic N) is 9. The average Bonchev–Trinajstić information content (AvgIpc) is 3.92. The van der Waals surface area contributed by atoms with Crippen molar-refractivity contribution in [2.45, 2.75) is 58.4 Å². The molecule has 0 bridgehead atoms. The van der Waals surface area contributed by atoms with Crippen LogP contribution in [0.15, 0.2) is 36.8 Å². The minimum atomic E-state index is -0.348. The van der Waals surface area contributed by atoms with Crippen molar-refractivity contribution in [1.82, 2.24) is 34.2 Å². The van der Waals surface area contributed by atoms with Gasteiger partial charge in [-0.2, -0.15) is 0 Å². The topological polar surface area (TPSA) is 142 Å². The Balaban J connectivity index is 1.12. The third-order valence-corrected chi connectivity index (χ3v) is 8.53. The first-order chi connectivity index (χ1) is 21.2. The van der Waals surface area contributed by atoms with Gasteiger partial charge < -0.3 is 14.6 Å². The molecule has 3 fully saturated rings. The molecule has 4 amide bonds. The van der Waals surface area contributed by atoms with Crippen LogP contribution in [0.4, 0.5) is 22.1 Å². The molecular weight excluding hydrogens is 560 g/mol. The van der Waals surface area contributed by atoms with Crippen molar-refractivity contribution < 1.29 is 14.4 Å². The molecule has 3 aliphatic rings. The lowest BCUT2D eigenvalue weighted by Crippen LogP contribution is -2.30. The van der Waals surface area contributed by atoms with E-state index in [1.165, 1.54) is 11.9 Å². The second-order valence-electron chi connectivity index (χ2n) is 11.9. The third-order valence-electron chi connectivity index (χ3n) is 8.53. The summed E-state index contributed by atoms with van der Waals surface area (Å²) in [5.41, 5.74) is 4.07. The molecule has 13 nitrogen and oxygen atoms in total. The number of aromatic nitrogens is 6. The van der Waals surface area contributed by atoms with Crippen LogP contribution in [0.3, 0.4) is 0 Å². The van der Waals surface area contributed by atoms with E-state index < -0.39 is 0 Å². The zero-order valence-electron chi connectivity index (χ0n) is 25.2. The Kier molecular flexibility index (Phi) is 6.74. The van der Waals surface area contributed by atoms with E-state index in [-0.39, 0.29) is 36.2 Å². The van der Waals surface area contributed by atoms with Crippen molar-refractivity contribution in [3.05, 3.63) is 65.4 Å². The Hall–Kier alpha value is -4.94. The summed E-state index contributed by atoms with van der Waals surface area (Å²) in [6.07, 6.45) is 8.69. The number of amides is 4. The number of hydrogen-bond donors (Lipinski definition) is 1. The number of anilines is 3. The highest BCUT2D eigenvalue weighted by molar-refractivity contribution is 6.13. The van der Waals surface area contributed by atoms with Crippen LogP contribution >= 0.6 is 0 Å². The molecule has 0 spiro atoms. The predicted octanol–water partition coefficient (Wildman–Crippen LogP) is 3.58. The van der Waals surface area contributed by atoms with Gasteiger partial charge in [-0.05, 0) is 63.6 Å². The van der Waals surface area contributed by atoms with Gasteiger partial charge in [0.25, 0.3) is 0 Å². The molecular formula is C31H34N10O3. The highest BCUT2D eigenvalue weighted by Gasteiger charge is 2.46. The van der Waals surface area contributed by atoms with E-state index in [0.717, 1.165) is 34.7 Å². The summed E-state index contributed by atoms with van der Waals surface area (Å²) < 4.78 is 1.96. The number of nitrogens with one attached hydrogen (secondary N) is 1. The summed E-state index contributed by atoms with van der Waals surface area (Å²) in [6.45, 7) is 6.83. The fraction of sp³-hybridized carbons (Fsp3) is 0.419. The van der Waals surface area contributed by atoms with E-state index in [9.17, 15) is 14.4 Å². The van der Waals surface area contributed by atoms with Crippen molar-refractivity contribution in [2.75, 3.05) is 35.3 Å². The molecule has 7 rings (SSSR count). The van der Waals surface area contributed by atoms with E-state index in [0.29, 0.717) is 60.0 Å². The van der Waals surface area contributed by atoms with Crippen LogP contribution in [-0.2, 0) is 16.1 Å². The van der Waals surface area contributed by atoms with Gasteiger partial charge in [0, 0.05) is 55.8 Å². The number of likely N-dealkylation sites (N-methyl/N-ethyl adjacent to an activating group) is 1. The zero-order valence-corrected chi connectivity index (χ0v) is 25.2. The van der Waals surface area contributed by atoms with Gasteiger partial charge in [-0.1, -0.05) is 0 Å². The molecule has 2 saturated carbocycles. The first-order valence-electron chi connectivity index (χ1n) is 15.0. The quantitative estimate of drug-likeness (QED) is 0.288. The van der Waals surface area contributed by atoms with Crippen molar-refractivity contribution in [1.29, 1.82) is 0 Å². The number of rotatable bonds is 9. The molecule has 44 heavy (non-hydrogen) atoms. The van der Waals surface area contributed by atoms with Crippen LogP contribution in [0.1, 0.15) is 66.6 Å². The van der Waals surface area contributed by atoms with Crippen molar-refractivity contribution >= 4 is 40.8 Å². The number of carbonyl (C=O) groups excluding carboxylic acids is 3. The van der Waals surface area contributed by atoms with Crippen LogP contribution in [0.5, 0.6) is 0 Å². The maximum absolute atomic E-state index is 13.1.